The van der Waals surface area contributed by atoms with Crippen molar-refractivity contribution in [2.24, 2.45) is 0 Å². The van der Waals surface area contributed by atoms with E-state index in [1.54, 1.807) is 29.5 Å². The average molecular weight is 307 g/mol. The molecule has 2 aromatic rings. The quantitative estimate of drug-likeness (QED) is 0.877. The predicted octanol–water partition coefficient (Wildman–Crippen LogP) is 4.00. The van der Waals surface area contributed by atoms with Crippen molar-refractivity contribution in [3.63, 3.8) is 0 Å². The van der Waals surface area contributed by atoms with E-state index in [9.17, 15) is 0 Å². The van der Waals surface area contributed by atoms with E-state index in [1.807, 2.05) is 24.6 Å². The fourth-order valence-corrected chi connectivity index (χ4v) is 2.80. The van der Waals surface area contributed by atoms with Crippen LogP contribution in [0.1, 0.15) is 23.0 Å². The lowest BCUT2D eigenvalue weighted by molar-refractivity contribution is 0.198. The number of benzene rings is 1. The Balaban J connectivity index is 2.24. The van der Waals surface area contributed by atoms with Gasteiger partial charge in [0.05, 0.1) is 5.56 Å². The summed E-state index contributed by atoms with van der Waals surface area (Å²) in [4.78, 5) is 1.14. The van der Waals surface area contributed by atoms with Crippen LogP contribution < -0.4 is 10.1 Å². The molecule has 1 N–H and O–H groups in total. The van der Waals surface area contributed by atoms with Crippen molar-refractivity contribution in [3.8, 4) is 11.8 Å². The molecule has 0 radical (unpaired) electrons. The van der Waals surface area contributed by atoms with Crippen molar-refractivity contribution < 1.29 is 4.74 Å². The first-order valence-corrected chi connectivity index (χ1v) is 7.54. The van der Waals surface area contributed by atoms with E-state index < -0.39 is 0 Å². The second kappa shape index (κ2) is 7.30. The molecule has 1 atom stereocenters. The maximum Gasteiger partial charge on any atom is 0.139 e. The Hall–Kier alpha value is -1.54. The third-order valence-corrected chi connectivity index (χ3v) is 4.05. The summed E-state index contributed by atoms with van der Waals surface area (Å²) in [7, 11) is 1.91. The van der Waals surface area contributed by atoms with E-state index in [-0.39, 0.29) is 6.10 Å². The Morgan fingerprint density at radius 3 is 2.95 bits per heavy atom. The summed E-state index contributed by atoms with van der Waals surface area (Å²) in [5, 5.41) is 14.9. The molecule has 2 rings (SSSR count). The molecule has 0 saturated heterocycles. The van der Waals surface area contributed by atoms with E-state index in [4.69, 9.17) is 21.6 Å². The van der Waals surface area contributed by atoms with Gasteiger partial charge in [0.2, 0.25) is 0 Å². The van der Waals surface area contributed by atoms with Gasteiger partial charge in [0.15, 0.2) is 0 Å². The molecule has 0 fully saturated rings. The molecule has 0 saturated carbocycles. The van der Waals surface area contributed by atoms with E-state index >= 15 is 0 Å². The first-order valence-electron chi connectivity index (χ1n) is 6.29. The SMILES string of the molecule is CNCC[C@@H](Oc1cc(Cl)ccc1C#N)c1cccs1. The Bertz CT molecular complexity index is 592. The number of nitrogens with one attached hydrogen (secondary N) is 1. The van der Waals surface area contributed by atoms with Crippen molar-refractivity contribution in [1.82, 2.24) is 5.32 Å². The van der Waals surface area contributed by atoms with Crippen LogP contribution in [-0.2, 0) is 0 Å². The van der Waals surface area contributed by atoms with Gasteiger partial charge in [-0.3, -0.25) is 0 Å². The van der Waals surface area contributed by atoms with E-state index in [0.29, 0.717) is 16.3 Å². The number of hydrogen-bond acceptors (Lipinski definition) is 4. The zero-order valence-corrected chi connectivity index (χ0v) is 12.7. The van der Waals surface area contributed by atoms with Crippen LogP contribution in [0.3, 0.4) is 0 Å². The number of thiophene rings is 1. The minimum atomic E-state index is -0.0759. The molecule has 20 heavy (non-hydrogen) atoms. The lowest BCUT2D eigenvalue weighted by Crippen LogP contribution is -2.15. The molecule has 0 bridgehead atoms. The molecule has 5 heteroatoms. The van der Waals surface area contributed by atoms with Crippen molar-refractivity contribution in [2.75, 3.05) is 13.6 Å². The Kier molecular flexibility index (Phi) is 5.42. The molecule has 0 aliphatic heterocycles. The highest BCUT2D eigenvalue weighted by molar-refractivity contribution is 7.10. The Morgan fingerprint density at radius 2 is 2.30 bits per heavy atom. The van der Waals surface area contributed by atoms with Crippen LogP contribution in [0, 0.1) is 11.3 Å². The van der Waals surface area contributed by atoms with Crippen LogP contribution in [0.4, 0.5) is 0 Å². The third-order valence-electron chi connectivity index (χ3n) is 2.85. The fourth-order valence-electron chi connectivity index (χ4n) is 1.85. The summed E-state index contributed by atoms with van der Waals surface area (Å²) in [6.45, 7) is 0.838. The largest absolute Gasteiger partial charge is 0.483 e. The van der Waals surface area contributed by atoms with E-state index in [0.717, 1.165) is 17.8 Å². The molecule has 0 spiro atoms. The molecular formula is C15H15ClN2OS. The highest BCUT2D eigenvalue weighted by Crippen LogP contribution is 2.31. The van der Waals surface area contributed by atoms with Crippen molar-refractivity contribution in [3.05, 3.63) is 51.2 Å². The molecule has 104 valence electrons. The molecular weight excluding hydrogens is 292 g/mol. The van der Waals surface area contributed by atoms with Crippen LogP contribution in [-0.4, -0.2) is 13.6 Å². The van der Waals surface area contributed by atoms with Gasteiger partial charge in [0.1, 0.15) is 17.9 Å². The third kappa shape index (κ3) is 3.73. The summed E-state index contributed by atoms with van der Waals surface area (Å²) >= 11 is 7.64. The molecule has 0 amide bonds. The molecule has 1 heterocycles. The first kappa shape index (κ1) is 14.9. The second-order valence-electron chi connectivity index (χ2n) is 4.27. The highest BCUT2D eigenvalue weighted by atomic mass is 35.5. The number of rotatable bonds is 6. The first-order chi connectivity index (χ1) is 9.74. The van der Waals surface area contributed by atoms with E-state index in [1.165, 1.54) is 0 Å². The zero-order valence-electron chi connectivity index (χ0n) is 11.1. The van der Waals surface area contributed by atoms with Gasteiger partial charge in [0.25, 0.3) is 0 Å². The van der Waals surface area contributed by atoms with Crippen LogP contribution in [0.2, 0.25) is 5.02 Å². The lowest BCUT2D eigenvalue weighted by Gasteiger charge is -2.19. The van der Waals surface area contributed by atoms with Gasteiger partial charge in [-0.05, 0) is 37.2 Å². The molecule has 1 aromatic heterocycles. The molecule has 0 aliphatic rings. The average Bonchev–Trinajstić information content (AvgIpc) is 2.97. The Morgan fingerprint density at radius 1 is 1.45 bits per heavy atom. The van der Waals surface area contributed by atoms with Gasteiger partial charge in [0, 0.05) is 22.4 Å². The van der Waals surface area contributed by atoms with Crippen molar-refractivity contribution in [1.29, 1.82) is 5.26 Å². The van der Waals surface area contributed by atoms with Crippen molar-refractivity contribution >= 4 is 22.9 Å². The standard InChI is InChI=1S/C15H15ClN2OS/c1-18-7-6-13(15-3-2-8-20-15)19-14-9-12(16)5-4-11(14)10-17/h2-5,8-9,13,18H,6-7H2,1H3/t13-/m1/s1. The topological polar surface area (TPSA) is 45.0 Å². The lowest BCUT2D eigenvalue weighted by atomic mass is 10.2. The minimum Gasteiger partial charge on any atom is -0.483 e. The van der Waals surface area contributed by atoms with Gasteiger partial charge in [-0.25, -0.2) is 0 Å². The monoisotopic (exact) mass is 306 g/mol. The van der Waals surface area contributed by atoms with Gasteiger partial charge >= 0.3 is 0 Å². The molecule has 0 aliphatic carbocycles. The van der Waals surface area contributed by atoms with Gasteiger partial charge in [-0.2, -0.15) is 5.26 Å². The van der Waals surface area contributed by atoms with E-state index in [2.05, 4.69) is 11.4 Å². The smallest absolute Gasteiger partial charge is 0.139 e. The van der Waals surface area contributed by atoms with Gasteiger partial charge in [-0.15, -0.1) is 11.3 Å². The van der Waals surface area contributed by atoms with Crippen LogP contribution in [0.25, 0.3) is 0 Å². The zero-order chi connectivity index (χ0) is 14.4. The number of nitriles is 1. The van der Waals surface area contributed by atoms with Gasteiger partial charge < -0.3 is 10.1 Å². The summed E-state index contributed by atoms with van der Waals surface area (Å²) in [5.74, 6) is 0.537. The summed E-state index contributed by atoms with van der Waals surface area (Å²) < 4.78 is 6.03. The maximum absolute atomic E-state index is 9.15. The van der Waals surface area contributed by atoms with Crippen molar-refractivity contribution in [2.45, 2.75) is 12.5 Å². The predicted molar refractivity (Wildman–Crippen MR) is 82.4 cm³/mol. The normalized spacial score (nSPS) is 11.8. The fraction of sp³-hybridized carbons (Fsp3) is 0.267. The molecule has 1 aromatic carbocycles. The second-order valence-corrected chi connectivity index (χ2v) is 5.68. The summed E-state index contributed by atoms with van der Waals surface area (Å²) in [6.07, 6.45) is 0.752. The van der Waals surface area contributed by atoms with Crippen LogP contribution >= 0.6 is 22.9 Å². The highest BCUT2D eigenvalue weighted by Gasteiger charge is 2.16. The molecule has 3 nitrogen and oxygen atoms in total. The number of nitrogens with zero attached hydrogens (tertiary/aromatic N) is 1. The minimum absolute atomic E-state index is 0.0759. The number of hydrogen-bond donors (Lipinski definition) is 1. The van der Waals surface area contributed by atoms with Gasteiger partial charge in [-0.1, -0.05) is 17.7 Å². The number of halogens is 1. The molecule has 0 unspecified atom stereocenters. The Labute approximate surface area is 127 Å². The van der Waals surface area contributed by atoms with Crippen LogP contribution in [0.15, 0.2) is 35.7 Å². The number of ether oxygens (including phenoxy) is 1. The maximum atomic E-state index is 9.15. The summed E-state index contributed by atoms with van der Waals surface area (Å²) in [6, 6.07) is 11.2. The summed E-state index contributed by atoms with van der Waals surface area (Å²) in [5.41, 5.74) is 0.500. The van der Waals surface area contributed by atoms with Crippen LogP contribution in [0.5, 0.6) is 5.75 Å².